The first kappa shape index (κ1) is 23.5. The number of amides is 2. The number of nitrogen functional groups attached to an aromatic ring is 1. The van der Waals surface area contributed by atoms with Crippen molar-refractivity contribution in [2.45, 2.75) is 37.7 Å². The molecule has 0 saturated carbocycles. The Labute approximate surface area is 204 Å². The van der Waals surface area contributed by atoms with Gasteiger partial charge in [0.15, 0.2) is 11.6 Å². The third kappa shape index (κ3) is 4.28. The van der Waals surface area contributed by atoms with Crippen LogP contribution in [-0.4, -0.2) is 45.1 Å². The Morgan fingerprint density at radius 2 is 2.00 bits per heavy atom. The number of anilines is 1. The van der Waals surface area contributed by atoms with E-state index in [0.29, 0.717) is 36.5 Å². The molecule has 9 nitrogen and oxygen atoms in total. The number of fused-ring (bicyclic) bond motifs is 2. The Bertz CT molecular complexity index is 1360. The van der Waals surface area contributed by atoms with Gasteiger partial charge in [-0.1, -0.05) is 12.1 Å². The van der Waals surface area contributed by atoms with E-state index in [1.807, 2.05) is 29.8 Å². The summed E-state index contributed by atoms with van der Waals surface area (Å²) in [5.41, 5.74) is 8.46. The van der Waals surface area contributed by atoms with E-state index in [1.54, 1.807) is 17.0 Å². The molecule has 1 atom stereocenters. The highest BCUT2D eigenvalue weighted by molar-refractivity contribution is 5.76. The lowest BCUT2D eigenvalue weighted by molar-refractivity contribution is -0.274. The molecule has 2 aliphatic rings. The van der Waals surface area contributed by atoms with E-state index in [9.17, 15) is 18.0 Å². The number of pyridine rings is 1. The average molecular weight is 497 g/mol. The highest BCUT2D eigenvalue weighted by Crippen LogP contribution is 2.44. The number of aromatic nitrogens is 3. The first-order valence-electron chi connectivity index (χ1n) is 11.2. The number of hydrogen-bond donors (Lipinski definition) is 2. The summed E-state index contributed by atoms with van der Waals surface area (Å²) >= 11 is 0. The van der Waals surface area contributed by atoms with Crippen molar-refractivity contribution in [2.24, 2.45) is 0 Å². The molecule has 1 spiro atoms. The number of ether oxygens (including phenoxy) is 1. The standard InChI is InChI=1S/C24H22F3N7O2/c1-14(16-4-2-15(10-28)3-5-16)31-22(35)33-12-23(13-33)6-7-34-20(23)9-18(32-34)17-8-19(21(29)30-11-17)36-24(25,26)27/h2-5,8-9,11,14H,6-7,12-13H2,1H3,(H2,29,30)(H,31,35). The number of benzene rings is 1. The minimum Gasteiger partial charge on any atom is -0.402 e. The second-order valence-corrected chi connectivity index (χ2v) is 9.08. The molecule has 36 heavy (non-hydrogen) atoms. The van der Waals surface area contributed by atoms with Crippen LogP contribution in [0.25, 0.3) is 11.3 Å². The van der Waals surface area contributed by atoms with Gasteiger partial charge in [-0.25, -0.2) is 9.78 Å². The van der Waals surface area contributed by atoms with Crippen molar-refractivity contribution in [2.75, 3.05) is 18.8 Å². The number of likely N-dealkylation sites (tertiary alicyclic amines) is 1. The average Bonchev–Trinajstić information content (AvgIpc) is 3.38. The number of nitrogens with two attached hydrogens (primary N) is 1. The van der Waals surface area contributed by atoms with E-state index < -0.39 is 12.1 Å². The van der Waals surface area contributed by atoms with E-state index in [4.69, 9.17) is 11.0 Å². The molecule has 2 aliphatic heterocycles. The number of carbonyl (C=O) groups excluding carboxylic acids is 1. The molecule has 2 amide bonds. The number of halogens is 3. The summed E-state index contributed by atoms with van der Waals surface area (Å²) in [6.07, 6.45) is -2.72. The van der Waals surface area contributed by atoms with Gasteiger partial charge in [0.1, 0.15) is 0 Å². The Morgan fingerprint density at radius 1 is 1.28 bits per heavy atom. The fourth-order valence-electron chi connectivity index (χ4n) is 4.76. The molecule has 3 aromatic rings. The minimum atomic E-state index is -4.89. The summed E-state index contributed by atoms with van der Waals surface area (Å²) < 4.78 is 43.8. The lowest BCUT2D eigenvalue weighted by Crippen LogP contribution is -2.62. The van der Waals surface area contributed by atoms with Crippen LogP contribution in [0.3, 0.4) is 0 Å². The Morgan fingerprint density at radius 3 is 2.67 bits per heavy atom. The zero-order chi connectivity index (χ0) is 25.7. The minimum absolute atomic E-state index is 0.188. The van der Waals surface area contributed by atoms with Gasteiger partial charge in [-0.05, 0) is 43.2 Å². The molecule has 2 aromatic heterocycles. The largest absolute Gasteiger partial charge is 0.573 e. The Kier molecular flexibility index (Phi) is 5.50. The fraction of sp³-hybridized carbons (Fsp3) is 0.333. The van der Waals surface area contributed by atoms with E-state index in [-0.39, 0.29) is 23.3 Å². The quantitative estimate of drug-likeness (QED) is 0.567. The van der Waals surface area contributed by atoms with Crippen molar-refractivity contribution in [1.29, 1.82) is 5.26 Å². The molecule has 3 N–H and O–H groups in total. The highest BCUT2D eigenvalue weighted by Gasteiger charge is 2.51. The van der Waals surface area contributed by atoms with Gasteiger partial charge in [0.2, 0.25) is 0 Å². The van der Waals surface area contributed by atoms with E-state index in [0.717, 1.165) is 17.7 Å². The summed E-state index contributed by atoms with van der Waals surface area (Å²) in [6.45, 7) is 3.53. The molecule has 12 heteroatoms. The van der Waals surface area contributed by atoms with Gasteiger partial charge in [-0.2, -0.15) is 10.4 Å². The fourth-order valence-corrected chi connectivity index (χ4v) is 4.76. The van der Waals surface area contributed by atoms with Gasteiger partial charge in [0, 0.05) is 42.5 Å². The Hall–Kier alpha value is -4.27. The summed E-state index contributed by atoms with van der Waals surface area (Å²) in [5, 5.41) is 16.5. The zero-order valence-corrected chi connectivity index (χ0v) is 19.2. The van der Waals surface area contributed by atoms with Gasteiger partial charge < -0.3 is 20.7 Å². The van der Waals surface area contributed by atoms with Gasteiger partial charge in [-0.15, -0.1) is 13.2 Å². The van der Waals surface area contributed by atoms with Crippen molar-refractivity contribution in [3.05, 3.63) is 59.4 Å². The number of nitrogens with one attached hydrogen (secondary N) is 1. The normalized spacial score (nSPS) is 16.7. The topological polar surface area (TPSA) is 122 Å². The number of nitriles is 1. The molecule has 4 heterocycles. The monoisotopic (exact) mass is 497 g/mol. The molecule has 186 valence electrons. The van der Waals surface area contributed by atoms with E-state index in [2.05, 4.69) is 26.2 Å². The number of urea groups is 1. The summed E-state index contributed by atoms with van der Waals surface area (Å²) in [6, 6.07) is 11.7. The summed E-state index contributed by atoms with van der Waals surface area (Å²) in [4.78, 5) is 18.4. The summed E-state index contributed by atoms with van der Waals surface area (Å²) in [5.74, 6) is -0.944. The molecule has 5 rings (SSSR count). The van der Waals surface area contributed by atoms with Crippen LogP contribution in [0.5, 0.6) is 5.75 Å². The molecule has 0 radical (unpaired) electrons. The molecular formula is C24H22F3N7O2. The maximum Gasteiger partial charge on any atom is 0.573 e. The van der Waals surface area contributed by atoms with Crippen LogP contribution in [-0.2, 0) is 12.0 Å². The van der Waals surface area contributed by atoms with Crippen LogP contribution < -0.4 is 15.8 Å². The second kappa shape index (κ2) is 8.44. The molecular weight excluding hydrogens is 475 g/mol. The number of nitrogens with zero attached hydrogens (tertiary/aromatic N) is 5. The lowest BCUT2D eigenvalue weighted by atomic mass is 9.76. The van der Waals surface area contributed by atoms with Crippen LogP contribution in [0, 0.1) is 11.3 Å². The van der Waals surface area contributed by atoms with Crippen molar-refractivity contribution in [1.82, 2.24) is 25.0 Å². The van der Waals surface area contributed by atoms with E-state index in [1.165, 1.54) is 12.3 Å². The SMILES string of the molecule is CC(NC(=O)N1CC2(CCn3nc(-c4cnc(N)c(OC(F)(F)F)c4)cc32)C1)c1ccc(C#N)cc1. The first-order valence-corrected chi connectivity index (χ1v) is 11.2. The number of aryl methyl sites for hydroxylation is 1. The molecule has 1 unspecified atom stereocenters. The maximum atomic E-state index is 12.8. The molecule has 1 fully saturated rings. The van der Waals surface area contributed by atoms with Crippen molar-refractivity contribution < 1.29 is 22.7 Å². The third-order valence-electron chi connectivity index (χ3n) is 6.68. The van der Waals surface area contributed by atoms with Crippen molar-refractivity contribution in [3.63, 3.8) is 0 Å². The van der Waals surface area contributed by atoms with Crippen molar-refractivity contribution >= 4 is 11.8 Å². The number of carbonyl (C=O) groups is 1. The number of hydrogen-bond acceptors (Lipinski definition) is 6. The van der Waals surface area contributed by atoms with Gasteiger partial charge >= 0.3 is 12.4 Å². The third-order valence-corrected chi connectivity index (χ3v) is 6.68. The maximum absolute atomic E-state index is 12.8. The first-order chi connectivity index (χ1) is 17.1. The van der Waals surface area contributed by atoms with Crippen LogP contribution >= 0.6 is 0 Å². The Balaban J connectivity index is 1.27. The number of alkyl halides is 3. The highest BCUT2D eigenvalue weighted by atomic mass is 19.4. The van der Waals surface area contributed by atoms with Gasteiger partial charge in [-0.3, -0.25) is 4.68 Å². The molecule has 1 saturated heterocycles. The van der Waals surface area contributed by atoms with Crippen LogP contribution in [0.15, 0.2) is 42.6 Å². The van der Waals surface area contributed by atoms with Crippen LogP contribution in [0.4, 0.5) is 23.8 Å². The van der Waals surface area contributed by atoms with Gasteiger partial charge in [0.25, 0.3) is 0 Å². The predicted octanol–water partition coefficient (Wildman–Crippen LogP) is 3.73. The smallest absolute Gasteiger partial charge is 0.402 e. The number of rotatable bonds is 4. The molecule has 0 aliphatic carbocycles. The van der Waals surface area contributed by atoms with Crippen LogP contribution in [0.1, 0.15) is 36.2 Å². The van der Waals surface area contributed by atoms with Crippen LogP contribution in [0.2, 0.25) is 0 Å². The van der Waals surface area contributed by atoms with E-state index >= 15 is 0 Å². The predicted molar refractivity (Wildman–Crippen MR) is 123 cm³/mol. The van der Waals surface area contributed by atoms with Crippen molar-refractivity contribution in [3.8, 4) is 23.1 Å². The second-order valence-electron chi connectivity index (χ2n) is 9.08. The molecule has 0 bridgehead atoms. The summed E-state index contributed by atoms with van der Waals surface area (Å²) in [7, 11) is 0. The molecule has 1 aromatic carbocycles. The zero-order valence-electron chi connectivity index (χ0n) is 19.2. The van der Waals surface area contributed by atoms with Gasteiger partial charge in [0.05, 0.1) is 23.4 Å². The lowest BCUT2D eigenvalue weighted by Gasteiger charge is -2.47.